The van der Waals surface area contributed by atoms with E-state index in [1.54, 1.807) is 25.1 Å². The molecule has 0 aliphatic heterocycles. The number of aryl methyl sites for hydroxylation is 2. The number of carbonyl (C=O) groups excluding carboxylic acids is 1. The van der Waals surface area contributed by atoms with Gasteiger partial charge in [0.05, 0.1) is 12.7 Å². The second kappa shape index (κ2) is 8.49. The fourth-order valence-corrected chi connectivity index (χ4v) is 3.77. The van der Waals surface area contributed by atoms with Gasteiger partial charge in [-0.2, -0.15) is 13.2 Å². The maximum atomic E-state index is 13.5. The standard InChI is InChI=1S/C21H18F4O3S/c1-12-10-15(22)7-9-16(12)18-5-3-4-13-11-14(20(26)27-2)6-8-17(13)19(18)28-29-21(23,24)25/h6-11H,3-5H2,1-2H3. The van der Waals surface area contributed by atoms with Crippen molar-refractivity contribution in [2.45, 2.75) is 31.7 Å². The van der Waals surface area contributed by atoms with E-state index in [9.17, 15) is 22.4 Å². The minimum absolute atomic E-state index is 0.0750. The van der Waals surface area contributed by atoms with E-state index in [0.717, 1.165) is 0 Å². The summed E-state index contributed by atoms with van der Waals surface area (Å²) in [5.74, 6) is -0.871. The lowest BCUT2D eigenvalue weighted by molar-refractivity contribution is -0.0375. The van der Waals surface area contributed by atoms with Crippen LogP contribution in [0.5, 0.6) is 0 Å². The molecule has 3 nitrogen and oxygen atoms in total. The molecule has 0 aromatic heterocycles. The lowest BCUT2D eigenvalue weighted by Gasteiger charge is -2.18. The third kappa shape index (κ3) is 4.93. The maximum absolute atomic E-state index is 13.5. The van der Waals surface area contributed by atoms with E-state index in [2.05, 4.69) is 0 Å². The number of halogens is 4. The molecule has 1 aliphatic carbocycles. The van der Waals surface area contributed by atoms with Crippen LogP contribution in [0.1, 0.15) is 45.5 Å². The van der Waals surface area contributed by atoms with Crippen molar-refractivity contribution in [2.75, 3.05) is 7.11 Å². The Balaban J connectivity index is 2.17. The highest BCUT2D eigenvalue weighted by atomic mass is 32.2. The molecule has 0 spiro atoms. The van der Waals surface area contributed by atoms with Gasteiger partial charge in [0.15, 0.2) is 12.0 Å². The van der Waals surface area contributed by atoms with Crippen LogP contribution in [0.15, 0.2) is 36.4 Å². The molecule has 2 aromatic rings. The van der Waals surface area contributed by atoms with Gasteiger partial charge in [0.25, 0.3) is 0 Å². The van der Waals surface area contributed by atoms with Gasteiger partial charge < -0.3 is 8.92 Å². The van der Waals surface area contributed by atoms with Crippen molar-refractivity contribution in [1.29, 1.82) is 0 Å². The summed E-state index contributed by atoms with van der Waals surface area (Å²) >= 11 is -0.588. The molecule has 2 aromatic carbocycles. The molecule has 29 heavy (non-hydrogen) atoms. The SMILES string of the molecule is COC(=O)c1ccc2c(c1)CCCC(c1ccc(F)cc1C)=C2OSC(F)(F)F. The Kier molecular flexibility index (Phi) is 6.21. The molecule has 0 bridgehead atoms. The average Bonchev–Trinajstić information content (AvgIpc) is 2.83. The summed E-state index contributed by atoms with van der Waals surface area (Å²) in [7, 11) is 1.26. The third-order valence-electron chi connectivity index (χ3n) is 4.65. The number of alkyl halides is 3. The second-order valence-corrected chi connectivity index (χ2v) is 7.39. The number of fused-ring (bicyclic) bond motifs is 1. The summed E-state index contributed by atoms with van der Waals surface area (Å²) in [6, 6.07) is 8.84. The van der Waals surface area contributed by atoms with Crippen LogP contribution < -0.4 is 0 Å². The monoisotopic (exact) mass is 426 g/mol. The van der Waals surface area contributed by atoms with E-state index in [4.69, 9.17) is 8.92 Å². The topological polar surface area (TPSA) is 35.5 Å². The van der Waals surface area contributed by atoms with Crippen LogP contribution in [-0.4, -0.2) is 18.6 Å². The quantitative estimate of drug-likeness (QED) is 0.326. The van der Waals surface area contributed by atoms with Gasteiger partial charge in [0.2, 0.25) is 0 Å². The number of hydrogen-bond donors (Lipinski definition) is 0. The van der Waals surface area contributed by atoms with Crippen molar-refractivity contribution in [1.82, 2.24) is 0 Å². The van der Waals surface area contributed by atoms with Crippen LogP contribution in [0, 0.1) is 12.7 Å². The fraction of sp³-hybridized carbons (Fsp3) is 0.286. The van der Waals surface area contributed by atoms with E-state index in [-0.39, 0.29) is 5.76 Å². The van der Waals surface area contributed by atoms with Crippen molar-refractivity contribution in [3.8, 4) is 0 Å². The Morgan fingerprint density at radius 3 is 2.45 bits per heavy atom. The molecule has 0 amide bonds. The summed E-state index contributed by atoms with van der Waals surface area (Å²) in [5, 5.41) is 0. The molecule has 0 atom stereocenters. The van der Waals surface area contributed by atoms with E-state index >= 15 is 0 Å². The summed E-state index contributed by atoms with van der Waals surface area (Å²) < 4.78 is 62.1. The van der Waals surface area contributed by atoms with Gasteiger partial charge in [-0.25, -0.2) is 9.18 Å². The fourth-order valence-electron chi connectivity index (χ4n) is 3.41. The Bertz CT molecular complexity index is 967. The number of esters is 1. The molecule has 0 heterocycles. The number of ether oxygens (including phenoxy) is 1. The molecule has 1 aliphatic rings. The van der Waals surface area contributed by atoms with Crippen molar-refractivity contribution in [3.05, 3.63) is 70.0 Å². The Morgan fingerprint density at radius 2 is 1.79 bits per heavy atom. The highest BCUT2D eigenvalue weighted by Gasteiger charge is 2.33. The molecular weight excluding hydrogens is 408 g/mol. The van der Waals surface area contributed by atoms with Gasteiger partial charge in [0.1, 0.15) is 11.6 Å². The summed E-state index contributed by atoms with van der Waals surface area (Å²) in [4.78, 5) is 11.8. The molecule has 0 unspecified atom stereocenters. The number of allylic oxidation sites excluding steroid dienone is 1. The first-order valence-electron chi connectivity index (χ1n) is 8.83. The van der Waals surface area contributed by atoms with E-state index in [1.807, 2.05) is 0 Å². The predicted octanol–water partition coefficient (Wildman–Crippen LogP) is 6.31. The predicted molar refractivity (Wildman–Crippen MR) is 103 cm³/mol. The molecule has 0 saturated carbocycles. The smallest absolute Gasteiger partial charge is 0.465 e. The number of methoxy groups -OCH3 is 1. The maximum Gasteiger partial charge on any atom is 0.479 e. The molecule has 0 N–H and O–H groups in total. The molecule has 0 radical (unpaired) electrons. The highest BCUT2D eigenvalue weighted by Crippen LogP contribution is 2.43. The summed E-state index contributed by atoms with van der Waals surface area (Å²) in [5.41, 5.74) is -1.29. The third-order valence-corrected chi connectivity index (χ3v) is 5.09. The zero-order valence-corrected chi connectivity index (χ0v) is 16.5. The molecule has 0 fully saturated rings. The normalized spacial score (nSPS) is 14.3. The van der Waals surface area contributed by atoms with Gasteiger partial charge in [-0.1, -0.05) is 12.1 Å². The molecule has 0 saturated heterocycles. The van der Waals surface area contributed by atoms with E-state index in [1.165, 1.54) is 25.3 Å². The molecular formula is C21H18F4O3S. The lowest BCUT2D eigenvalue weighted by Crippen LogP contribution is -2.05. The second-order valence-electron chi connectivity index (χ2n) is 6.60. The minimum atomic E-state index is -4.59. The first kappa shape index (κ1) is 21.2. The first-order valence-corrected chi connectivity index (χ1v) is 9.57. The largest absolute Gasteiger partial charge is 0.479 e. The minimum Gasteiger partial charge on any atom is -0.465 e. The van der Waals surface area contributed by atoms with Gasteiger partial charge in [-0.05, 0) is 67.1 Å². The number of benzene rings is 2. The lowest BCUT2D eigenvalue weighted by atomic mass is 9.95. The molecule has 154 valence electrons. The first-order chi connectivity index (χ1) is 13.7. The Labute approximate surface area is 169 Å². The van der Waals surface area contributed by atoms with E-state index < -0.39 is 29.3 Å². The number of carbonyl (C=O) groups is 1. The van der Waals surface area contributed by atoms with Crippen LogP contribution in [0.3, 0.4) is 0 Å². The summed E-state index contributed by atoms with van der Waals surface area (Å²) in [6.45, 7) is 1.70. The molecule has 3 rings (SSSR count). The van der Waals surface area contributed by atoms with Crippen LogP contribution in [0.25, 0.3) is 11.3 Å². The van der Waals surface area contributed by atoms with Crippen molar-refractivity contribution >= 4 is 29.3 Å². The average molecular weight is 426 g/mol. The van der Waals surface area contributed by atoms with E-state index in [0.29, 0.717) is 52.7 Å². The van der Waals surface area contributed by atoms with Crippen LogP contribution in [0.4, 0.5) is 17.6 Å². The Morgan fingerprint density at radius 1 is 1.07 bits per heavy atom. The highest BCUT2D eigenvalue weighted by molar-refractivity contribution is 7.95. The number of hydrogen-bond acceptors (Lipinski definition) is 4. The zero-order chi connectivity index (χ0) is 21.2. The van der Waals surface area contributed by atoms with Crippen molar-refractivity contribution in [2.24, 2.45) is 0 Å². The van der Waals surface area contributed by atoms with Crippen LogP contribution >= 0.6 is 12.0 Å². The van der Waals surface area contributed by atoms with Crippen LogP contribution in [0.2, 0.25) is 0 Å². The Hall–Kier alpha value is -2.48. The zero-order valence-electron chi connectivity index (χ0n) is 15.7. The van der Waals surface area contributed by atoms with Gasteiger partial charge >= 0.3 is 11.5 Å². The van der Waals surface area contributed by atoms with Gasteiger partial charge in [-0.3, -0.25) is 0 Å². The van der Waals surface area contributed by atoms with Crippen LogP contribution in [-0.2, 0) is 15.3 Å². The summed E-state index contributed by atoms with van der Waals surface area (Å²) in [6.07, 6.45) is 1.63. The van der Waals surface area contributed by atoms with Crippen molar-refractivity contribution in [3.63, 3.8) is 0 Å². The van der Waals surface area contributed by atoms with Gasteiger partial charge in [-0.15, -0.1) is 0 Å². The number of rotatable bonds is 4. The molecule has 8 heteroatoms. The van der Waals surface area contributed by atoms with Gasteiger partial charge in [0, 0.05) is 11.1 Å². The van der Waals surface area contributed by atoms with Crippen molar-refractivity contribution < 1.29 is 31.3 Å².